The normalized spacial score (nSPS) is 16.9. The number of benzene rings is 1. The van der Waals surface area contributed by atoms with E-state index in [9.17, 15) is 19.5 Å². The molecule has 1 aromatic carbocycles. The summed E-state index contributed by atoms with van der Waals surface area (Å²) >= 11 is 6.44. The van der Waals surface area contributed by atoms with Gasteiger partial charge >= 0.3 is 0 Å². The van der Waals surface area contributed by atoms with E-state index in [-0.39, 0.29) is 24.8 Å². The molecule has 1 N–H and O–H groups in total. The maximum Gasteiger partial charge on any atom is 0.266 e. The Morgan fingerprint density at radius 3 is 2.48 bits per heavy atom. The van der Waals surface area contributed by atoms with Crippen molar-refractivity contribution in [3.63, 3.8) is 0 Å². The molecule has 6 nitrogen and oxygen atoms in total. The van der Waals surface area contributed by atoms with Crippen LogP contribution in [-0.2, 0) is 14.4 Å². The number of amides is 2. The highest BCUT2D eigenvalue weighted by Crippen LogP contribution is 2.32. The van der Waals surface area contributed by atoms with Gasteiger partial charge in [-0.3, -0.25) is 14.5 Å². The summed E-state index contributed by atoms with van der Waals surface area (Å²) in [5.74, 6) is -2.34. The Morgan fingerprint density at radius 2 is 1.93 bits per heavy atom. The van der Waals surface area contributed by atoms with E-state index in [4.69, 9.17) is 12.2 Å². The van der Waals surface area contributed by atoms with E-state index in [0.29, 0.717) is 9.23 Å². The van der Waals surface area contributed by atoms with Crippen LogP contribution in [-0.4, -0.2) is 39.6 Å². The first kappa shape index (κ1) is 21.1. The Labute approximate surface area is 168 Å². The van der Waals surface area contributed by atoms with Gasteiger partial charge in [-0.05, 0) is 24.5 Å². The lowest BCUT2D eigenvalue weighted by atomic mass is 10.0. The van der Waals surface area contributed by atoms with Gasteiger partial charge in [-0.15, -0.1) is 0 Å². The number of aliphatic carboxylic acids is 1. The van der Waals surface area contributed by atoms with Crippen LogP contribution in [0.4, 0.5) is 0 Å². The topological polar surface area (TPSA) is 89.5 Å². The van der Waals surface area contributed by atoms with Crippen LogP contribution in [0, 0.1) is 12.8 Å². The van der Waals surface area contributed by atoms with E-state index in [1.165, 1.54) is 16.7 Å². The number of nitrogens with one attached hydrogen (secondary N) is 1. The zero-order chi connectivity index (χ0) is 20.1. The molecule has 2 amide bonds. The third kappa shape index (κ3) is 5.64. The van der Waals surface area contributed by atoms with E-state index in [1.54, 1.807) is 19.9 Å². The summed E-state index contributed by atoms with van der Waals surface area (Å²) in [6.45, 7) is 5.44. The van der Waals surface area contributed by atoms with Gasteiger partial charge < -0.3 is 15.2 Å². The first-order chi connectivity index (χ1) is 12.7. The summed E-state index contributed by atoms with van der Waals surface area (Å²) in [7, 11) is 0. The van der Waals surface area contributed by atoms with Crippen molar-refractivity contribution in [2.45, 2.75) is 33.2 Å². The number of carbonyl (C=O) groups excluding carboxylic acids is 3. The molecule has 1 aliphatic rings. The summed E-state index contributed by atoms with van der Waals surface area (Å²) in [6.07, 6.45) is 1.73. The van der Waals surface area contributed by atoms with Crippen molar-refractivity contribution in [1.29, 1.82) is 0 Å². The molecule has 0 spiro atoms. The molecule has 1 aromatic rings. The van der Waals surface area contributed by atoms with Gasteiger partial charge in [0, 0.05) is 13.0 Å². The van der Waals surface area contributed by atoms with Gasteiger partial charge in [0.05, 0.1) is 16.9 Å². The van der Waals surface area contributed by atoms with Crippen molar-refractivity contribution in [2.75, 3.05) is 6.54 Å². The smallest absolute Gasteiger partial charge is 0.266 e. The van der Waals surface area contributed by atoms with Crippen molar-refractivity contribution < 1.29 is 19.5 Å². The van der Waals surface area contributed by atoms with Crippen LogP contribution in [0.3, 0.4) is 0 Å². The highest BCUT2D eigenvalue weighted by Gasteiger charge is 2.32. The second-order valence-electron chi connectivity index (χ2n) is 6.60. The molecular weight excluding hydrogens is 384 g/mol. The Kier molecular flexibility index (Phi) is 7.15. The second-order valence-corrected chi connectivity index (χ2v) is 8.28. The number of thioether (sulfide) groups is 1. The number of thiocarbonyl (C=S) groups is 1. The van der Waals surface area contributed by atoms with Crippen LogP contribution in [0.5, 0.6) is 0 Å². The number of aryl methyl sites for hydroxylation is 1. The molecule has 0 radical (unpaired) electrons. The molecule has 1 aliphatic heterocycles. The molecule has 0 aromatic heterocycles. The lowest BCUT2D eigenvalue weighted by Crippen LogP contribution is -2.51. The number of carboxylic acid groups (broad SMARTS) is 1. The first-order valence-electron chi connectivity index (χ1n) is 8.51. The highest BCUT2D eigenvalue weighted by atomic mass is 32.2. The Balaban J connectivity index is 1.98. The molecule has 8 heteroatoms. The molecule has 0 bridgehead atoms. The van der Waals surface area contributed by atoms with Gasteiger partial charge in [0.15, 0.2) is 0 Å². The third-order valence-corrected chi connectivity index (χ3v) is 5.43. The Morgan fingerprint density at radius 1 is 1.30 bits per heavy atom. The quantitative estimate of drug-likeness (QED) is 0.546. The molecule has 1 heterocycles. The summed E-state index contributed by atoms with van der Waals surface area (Å²) in [4.78, 5) is 37.5. The lowest BCUT2D eigenvalue weighted by molar-refractivity contribution is -0.309. The third-order valence-electron chi connectivity index (χ3n) is 4.05. The molecule has 1 atom stereocenters. The fraction of sp³-hybridized carbons (Fsp3) is 0.368. The average Bonchev–Trinajstić information content (AvgIpc) is 2.86. The summed E-state index contributed by atoms with van der Waals surface area (Å²) < 4.78 is 0.381. The number of hydrogen-bond acceptors (Lipinski definition) is 6. The van der Waals surface area contributed by atoms with Gasteiger partial charge in [-0.1, -0.05) is 67.7 Å². The first-order valence-corrected chi connectivity index (χ1v) is 9.73. The van der Waals surface area contributed by atoms with Crippen molar-refractivity contribution in [3.05, 3.63) is 40.3 Å². The molecular formula is C19H21N2O4S2-. The molecule has 144 valence electrons. The van der Waals surface area contributed by atoms with Crippen molar-refractivity contribution in [2.24, 2.45) is 5.92 Å². The fourth-order valence-electron chi connectivity index (χ4n) is 2.46. The molecule has 0 aliphatic carbocycles. The molecule has 2 rings (SSSR count). The summed E-state index contributed by atoms with van der Waals surface area (Å²) in [6, 6.07) is 6.69. The zero-order valence-corrected chi connectivity index (χ0v) is 17.0. The van der Waals surface area contributed by atoms with Gasteiger partial charge in [-0.2, -0.15) is 0 Å². The average molecular weight is 406 g/mol. The summed E-state index contributed by atoms with van der Waals surface area (Å²) in [5.41, 5.74) is 2.02. The van der Waals surface area contributed by atoms with Crippen LogP contribution in [0.25, 0.3) is 6.08 Å². The molecule has 0 unspecified atom stereocenters. The van der Waals surface area contributed by atoms with Gasteiger partial charge in [0.2, 0.25) is 5.91 Å². The predicted molar refractivity (Wildman–Crippen MR) is 107 cm³/mol. The van der Waals surface area contributed by atoms with Crippen LogP contribution in [0.15, 0.2) is 29.2 Å². The number of rotatable bonds is 7. The molecule has 1 saturated heterocycles. The molecule has 27 heavy (non-hydrogen) atoms. The SMILES string of the molecule is Cc1ccc(/C=C2/SC(=S)N(CCC(=O)N[C@H](C(=O)[O-])C(C)C)C2=O)cc1. The van der Waals surface area contributed by atoms with Crippen LogP contribution in [0.2, 0.25) is 0 Å². The van der Waals surface area contributed by atoms with Gasteiger partial charge in [-0.25, -0.2) is 0 Å². The maximum atomic E-state index is 12.6. The minimum absolute atomic E-state index is 0.0409. The van der Waals surface area contributed by atoms with Crippen LogP contribution in [0.1, 0.15) is 31.4 Å². The number of carbonyl (C=O) groups is 3. The van der Waals surface area contributed by atoms with E-state index in [1.807, 2.05) is 31.2 Å². The van der Waals surface area contributed by atoms with Crippen molar-refractivity contribution in [3.8, 4) is 0 Å². The van der Waals surface area contributed by atoms with Gasteiger partial charge in [0.25, 0.3) is 5.91 Å². The van der Waals surface area contributed by atoms with E-state index in [2.05, 4.69) is 5.32 Å². The van der Waals surface area contributed by atoms with Crippen LogP contribution >= 0.6 is 24.0 Å². The zero-order valence-electron chi connectivity index (χ0n) is 15.4. The second kappa shape index (κ2) is 9.14. The summed E-state index contributed by atoms with van der Waals surface area (Å²) in [5, 5.41) is 13.5. The van der Waals surface area contributed by atoms with Crippen molar-refractivity contribution in [1.82, 2.24) is 10.2 Å². The van der Waals surface area contributed by atoms with E-state index < -0.39 is 17.9 Å². The maximum absolute atomic E-state index is 12.6. The van der Waals surface area contributed by atoms with Gasteiger partial charge in [0.1, 0.15) is 4.32 Å². The predicted octanol–water partition coefficient (Wildman–Crippen LogP) is 1.48. The number of carboxylic acids is 1. The van der Waals surface area contributed by atoms with E-state index >= 15 is 0 Å². The standard InChI is InChI=1S/C19H22N2O4S2/c1-11(2)16(18(24)25)20-15(22)8-9-21-17(23)14(27-19(21)26)10-13-6-4-12(3)5-7-13/h4-7,10-11,16H,8-9H2,1-3H3,(H,20,22)(H,24,25)/p-1/b14-10+/t16-/m0/s1. The lowest BCUT2D eigenvalue weighted by Gasteiger charge is -2.23. The minimum Gasteiger partial charge on any atom is -0.548 e. The number of nitrogens with zero attached hydrogens (tertiary/aromatic N) is 1. The van der Waals surface area contributed by atoms with Crippen molar-refractivity contribution >= 4 is 52.2 Å². The monoisotopic (exact) mass is 405 g/mol. The molecule has 0 saturated carbocycles. The Hall–Kier alpha value is -2.19. The molecule has 1 fully saturated rings. The van der Waals surface area contributed by atoms with E-state index in [0.717, 1.165) is 11.1 Å². The van der Waals surface area contributed by atoms with Crippen LogP contribution < -0.4 is 10.4 Å². The fourth-order valence-corrected chi connectivity index (χ4v) is 3.77. The minimum atomic E-state index is -1.33. The largest absolute Gasteiger partial charge is 0.548 e. The Bertz CT molecular complexity index is 787. The highest BCUT2D eigenvalue weighted by molar-refractivity contribution is 8.26. The number of hydrogen-bond donors (Lipinski definition) is 1.